The number of amides is 1. The molecule has 28 heavy (non-hydrogen) atoms. The van der Waals surface area contributed by atoms with Crippen molar-refractivity contribution in [3.05, 3.63) is 52.2 Å². The summed E-state index contributed by atoms with van der Waals surface area (Å²) in [4.78, 5) is 28.4. The van der Waals surface area contributed by atoms with Crippen LogP contribution < -0.4 is 5.32 Å². The van der Waals surface area contributed by atoms with E-state index in [4.69, 9.17) is 16.7 Å². The molecule has 0 aliphatic heterocycles. The second-order valence-electron chi connectivity index (χ2n) is 6.36. The van der Waals surface area contributed by atoms with Crippen molar-refractivity contribution in [2.45, 2.75) is 43.4 Å². The molecule has 0 fully saturated rings. The number of hydrogen-bond donors (Lipinski definition) is 2. The van der Waals surface area contributed by atoms with Crippen molar-refractivity contribution in [2.75, 3.05) is 5.32 Å². The Morgan fingerprint density at radius 3 is 2.61 bits per heavy atom. The summed E-state index contributed by atoms with van der Waals surface area (Å²) in [7, 11) is 0. The first-order chi connectivity index (χ1) is 13.3. The summed E-state index contributed by atoms with van der Waals surface area (Å²) < 4.78 is 0. The van der Waals surface area contributed by atoms with E-state index in [1.54, 1.807) is 6.07 Å². The number of aromatic nitrogens is 1. The van der Waals surface area contributed by atoms with Gasteiger partial charge in [0.05, 0.1) is 27.1 Å². The normalized spacial score (nSPS) is 11.7. The zero-order valence-corrected chi connectivity index (χ0v) is 17.3. The van der Waals surface area contributed by atoms with Crippen LogP contribution in [0.2, 0.25) is 5.02 Å². The Morgan fingerprint density at radius 1 is 1.32 bits per heavy atom. The lowest BCUT2D eigenvalue weighted by molar-refractivity contribution is -0.115. The van der Waals surface area contributed by atoms with Crippen molar-refractivity contribution in [3.63, 3.8) is 0 Å². The van der Waals surface area contributed by atoms with Gasteiger partial charge in [-0.25, -0.2) is 9.78 Å². The number of thioether (sulfide) groups is 1. The van der Waals surface area contributed by atoms with Crippen LogP contribution in [0, 0.1) is 11.3 Å². The van der Waals surface area contributed by atoms with Crippen LogP contribution in [0.3, 0.4) is 0 Å². The number of nitrogens with zero attached hydrogens (tertiary/aromatic N) is 2. The number of carbonyl (C=O) groups is 2. The molecule has 8 heteroatoms. The van der Waals surface area contributed by atoms with E-state index < -0.39 is 11.2 Å². The van der Waals surface area contributed by atoms with Gasteiger partial charge in [0.25, 0.3) is 0 Å². The molecule has 1 aromatic carbocycles. The summed E-state index contributed by atoms with van der Waals surface area (Å²) in [5, 5.41) is 21.4. The second kappa shape index (κ2) is 9.58. The smallest absolute Gasteiger partial charge is 0.335 e. The Morgan fingerprint density at radius 2 is 2.04 bits per heavy atom. The van der Waals surface area contributed by atoms with Gasteiger partial charge in [0.15, 0.2) is 0 Å². The lowest BCUT2D eigenvalue weighted by atomic mass is 10.1. The SMILES string of the molecule is CCC(Sc1nc(C(C)C)ccc1C#N)C(=O)Nc1cc(C(=O)O)ccc1Cl. The molecule has 1 atom stereocenters. The van der Waals surface area contributed by atoms with E-state index in [0.717, 1.165) is 5.69 Å². The quantitative estimate of drug-likeness (QED) is 0.618. The molecule has 0 saturated carbocycles. The number of carboxylic acids is 1. The Hall–Kier alpha value is -2.56. The van der Waals surface area contributed by atoms with Gasteiger partial charge in [-0.1, -0.05) is 44.1 Å². The highest BCUT2D eigenvalue weighted by Gasteiger charge is 2.22. The number of pyridine rings is 1. The first kappa shape index (κ1) is 21.7. The van der Waals surface area contributed by atoms with Crippen LogP contribution in [-0.2, 0) is 4.79 Å². The van der Waals surface area contributed by atoms with Crippen LogP contribution in [0.1, 0.15) is 54.7 Å². The minimum absolute atomic E-state index is 0.0264. The average molecular weight is 418 g/mol. The van der Waals surface area contributed by atoms with Crippen molar-refractivity contribution in [1.82, 2.24) is 4.98 Å². The van der Waals surface area contributed by atoms with E-state index in [1.165, 1.54) is 30.0 Å². The Bertz CT molecular complexity index is 941. The molecule has 1 aromatic heterocycles. The van der Waals surface area contributed by atoms with Crippen LogP contribution in [0.5, 0.6) is 0 Å². The van der Waals surface area contributed by atoms with Crippen molar-refractivity contribution in [1.29, 1.82) is 5.26 Å². The summed E-state index contributed by atoms with van der Waals surface area (Å²) in [6.45, 7) is 5.86. The molecule has 2 N–H and O–H groups in total. The first-order valence-corrected chi connectivity index (χ1v) is 9.94. The minimum Gasteiger partial charge on any atom is -0.478 e. The van der Waals surface area contributed by atoms with Gasteiger partial charge in [-0.05, 0) is 42.7 Å². The van der Waals surface area contributed by atoms with Crippen LogP contribution in [0.25, 0.3) is 0 Å². The zero-order chi connectivity index (χ0) is 20.8. The number of benzene rings is 1. The number of halogens is 1. The number of carbonyl (C=O) groups excluding carboxylic acids is 1. The van der Waals surface area contributed by atoms with Gasteiger partial charge in [-0.2, -0.15) is 5.26 Å². The molecule has 1 heterocycles. The molecule has 2 rings (SSSR count). The fourth-order valence-electron chi connectivity index (χ4n) is 2.38. The molecular weight excluding hydrogens is 398 g/mol. The molecule has 146 valence electrons. The van der Waals surface area contributed by atoms with E-state index in [9.17, 15) is 14.9 Å². The molecule has 1 unspecified atom stereocenters. The fraction of sp³-hybridized carbons (Fsp3) is 0.300. The zero-order valence-electron chi connectivity index (χ0n) is 15.7. The minimum atomic E-state index is -1.11. The number of anilines is 1. The Balaban J connectivity index is 2.26. The highest BCUT2D eigenvalue weighted by Crippen LogP contribution is 2.30. The second-order valence-corrected chi connectivity index (χ2v) is 7.96. The van der Waals surface area contributed by atoms with Gasteiger partial charge in [-0.3, -0.25) is 4.79 Å². The fourth-order valence-corrected chi connectivity index (χ4v) is 3.54. The van der Waals surface area contributed by atoms with Crippen molar-refractivity contribution in [3.8, 4) is 6.07 Å². The van der Waals surface area contributed by atoms with Crippen molar-refractivity contribution < 1.29 is 14.7 Å². The molecule has 0 radical (unpaired) electrons. The summed E-state index contributed by atoms with van der Waals surface area (Å²) in [6, 6.07) is 9.74. The standard InChI is InChI=1S/C20H20ClN3O3S/c1-4-17(28-19-13(10-22)6-8-15(24-19)11(2)3)18(25)23-16-9-12(20(26)27)5-7-14(16)21/h5-9,11,17H,4H2,1-3H3,(H,23,25)(H,26,27). The number of aromatic carboxylic acids is 1. The van der Waals surface area contributed by atoms with Gasteiger partial charge in [0.1, 0.15) is 11.1 Å². The molecule has 0 saturated heterocycles. The monoisotopic (exact) mass is 417 g/mol. The van der Waals surface area contributed by atoms with Gasteiger partial charge in [-0.15, -0.1) is 0 Å². The molecule has 0 bridgehead atoms. The van der Waals surface area contributed by atoms with Gasteiger partial charge < -0.3 is 10.4 Å². The summed E-state index contributed by atoms with van der Waals surface area (Å²) in [5.41, 5.74) is 1.51. The molecule has 0 aliphatic rings. The number of rotatable bonds is 7. The lowest BCUT2D eigenvalue weighted by Crippen LogP contribution is -2.25. The van der Waals surface area contributed by atoms with Gasteiger partial charge in [0, 0.05) is 5.69 Å². The number of carboxylic acid groups (broad SMARTS) is 1. The third kappa shape index (κ3) is 5.24. The summed E-state index contributed by atoms with van der Waals surface area (Å²) in [5.74, 6) is -1.25. The molecule has 1 amide bonds. The topological polar surface area (TPSA) is 103 Å². The molecule has 6 nitrogen and oxygen atoms in total. The van der Waals surface area contributed by atoms with Gasteiger partial charge >= 0.3 is 5.97 Å². The Labute approximate surface area is 172 Å². The maximum Gasteiger partial charge on any atom is 0.335 e. The van der Waals surface area contributed by atoms with Crippen LogP contribution in [0.15, 0.2) is 35.4 Å². The highest BCUT2D eigenvalue weighted by atomic mass is 35.5. The molecule has 0 spiro atoms. The van der Waals surface area contributed by atoms with Crippen LogP contribution in [-0.4, -0.2) is 27.2 Å². The third-order valence-electron chi connectivity index (χ3n) is 3.98. The van der Waals surface area contributed by atoms with Gasteiger partial charge in [0.2, 0.25) is 5.91 Å². The van der Waals surface area contributed by atoms with Crippen LogP contribution >= 0.6 is 23.4 Å². The first-order valence-electron chi connectivity index (χ1n) is 8.68. The van der Waals surface area contributed by atoms with E-state index in [0.29, 0.717) is 17.0 Å². The molecule has 2 aromatic rings. The van der Waals surface area contributed by atoms with Crippen molar-refractivity contribution in [2.24, 2.45) is 0 Å². The van der Waals surface area contributed by atoms with Crippen molar-refractivity contribution >= 4 is 40.9 Å². The van der Waals surface area contributed by atoms with E-state index >= 15 is 0 Å². The van der Waals surface area contributed by atoms with E-state index in [1.807, 2.05) is 26.8 Å². The highest BCUT2D eigenvalue weighted by molar-refractivity contribution is 8.00. The lowest BCUT2D eigenvalue weighted by Gasteiger charge is -2.17. The maximum atomic E-state index is 12.8. The van der Waals surface area contributed by atoms with E-state index in [2.05, 4.69) is 16.4 Å². The Kier molecular flexibility index (Phi) is 7.44. The predicted octanol–water partition coefficient (Wildman–Crippen LogP) is 4.94. The average Bonchev–Trinajstić information content (AvgIpc) is 2.67. The largest absolute Gasteiger partial charge is 0.478 e. The third-order valence-corrected chi connectivity index (χ3v) is 5.68. The van der Waals surface area contributed by atoms with Crippen LogP contribution in [0.4, 0.5) is 5.69 Å². The number of hydrogen-bond acceptors (Lipinski definition) is 5. The maximum absolute atomic E-state index is 12.8. The van der Waals surface area contributed by atoms with E-state index in [-0.39, 0.29) is 28.1 Å². The number of nitriles is 1. The summed E-state index contributed by atoms with van der Waals surface area (Å²) >= 11 is 7.30. The predicted molar refractivity (Wildman–Crippen MR) is 110 cm³/mol. The molecule has 0 aliphatic carbocycles. The number of nitrogens with one attached hydrogen (secondary N) is 1. The molecular formula is C20H20ClN3O3S. The summed E-state index contributed by atoms with van der Waals surface area (Å²) in [6.07, 6.45) is 0.491.